The van der Waals surface area contributed by atoms with Gasteiger partial charge in [-0.25, -0.2) is 9.59 Å². The lowest BCUT2D eigenvalue weighted by molar-refractivity contribution is -0.128. The summed E-state index contributed by atoms with van der Waals surface area (Å²) in [5, 5.41) is 0. The van der Waals surface area contributed by atoms with E-state index >= 15 is 0 Å². The maximum absolute atomic E-state index is 12.2. The van der Waals surface area contributed by atoms with Crippen LogP contribution in [0.2, 0.25) is 0 Å². The van der Waals surface area contributed by atoms with Crippen molar-refractivity contribution in [1.29, 1.82) is 0 Å². The number of carbonyl (C=O) groups is 2. The van der Waals surface area contributed by atoms with Crippen LogP contribution < -0.4 is 9.47 Å². The molecule has 5 nitrogen and oxygen atoms in total. The van der Waals surface area contributed by atoms with E-state index in [1.165, 1.54) is 6.08 Å². The van der Waals surface area contributed by atoms with Crippen LogP contribution >= 0.6 is 0 Å². The number of hydrogen-bond acceptors (Lipinski definition) is 5. The Hall–Kier alpha value is -3.86. The van der Waals surface area contributed by atoms with Crippen LogP contribution in [0.1, 0.15) is 34.8 Å². The van der Waals surface area contributed by atoms with E-state index in [0.29, 0.717) is 23.7 Å². The van der Waals surface area contributed by atoms with Crippen LogP contribution in [0.15, 0.2) is 84.9 Å². The van der Waals surface area contributed by atoms with E-state index in [-0.39, 0.29) is 6.61 Å². The first kappa shape index (κ1) is 21.8. The Balaban J connectivity index is 1.54. The number of hydrogen-bond donors (Lipinski definition) is 0. The van der Waals surface area contributed by atoms with Crippen molar-refractivity contribution in [3.8, 4) is 11.5 Å². The molecule has 0 fully saturated rings. The fourth-order valence-corrected chi connectivity index (χ4v) is 2.74. The molecular weight excluding hydrogens is 392 g/mol. The van der Waals surface area contributed by atoms with Crippen molar-refractivity contribution in [2.24, 2.45) is 0 Å². The maximum atomic E-state index is 12.2. The van der Waals surface area contributed by atoms with Gasteiger partial charge in [-0.05, 0) is 48.4 Å². The summed E-state index contributed by atoms with van der Waals surface area (Å²) in [7, 11) is 0. The van der Waals surface area contributed by atoms with Crippen molar-refractivity contribution < 1.29 is 23.8 Å². The molecule has 5 heteroatoms. The van der Waals surface area contributed by atoms with Gasteiger partial charge in [0.05, 0.1) is 12.2 Å². The van der Waals surface area contributed by atoms with E-state index in [4.69, 9.17) is 14.2 Å². The van der Waals surface area contributed by atoms with Crippen LogP contribution in [-0.4, -0.2) is 18.5 Å². The average molecular weight is 416 g/mol. The van der Waals surface area contributed by atoms with E-state index in [2.05, 4.69) is 0 Å². The molecule has 158 valence electrons. The van der Waals surface area contributed by atoms with Gasteiger partial charge in [-0.1, -0.05) is 55.5 Å². The third-order valence-electron chi connectivity index (χ3n) is 4.30. The minimum atomic E-state index is -0.523. The molecule has 0 heterocycles. The molecule has 0 aliphatic carbocycles. The first-order chi connectivity index (χ1) is 15.2. The largest absolute Gasteiger partial charge is 0.493 e. The van der Waals surface area contributed by atoms with Crippen LogP contribution in [0.4, 0.5) is 0 Å². The van der Waals surface area contributed by atoms with Gasteiger partial charge in [0.2, 0.25) is 0 Å². The lowest BCUT2D eigenvalue weighted by atomic mass is 10.2. The molecule has 0 radical (unpaired) electrons. The highest BCUT2D eigenvalue weighted by Crippen LogP contribution is 2.20. The van der Waals surface area contributed by atoms with Crippen molar-refractivity contribution in [3.05, 3.63) is 102 Å². The van der Waals surface area contributed by atoms with Crippen LogP contribution in [0.25, 0.3) is 6.08 Å². The van der Waals surface area contributed by atoms with Gasteiger partial charge in [0.25, 0.3) is 0 Å². The predicted molar refractivity (Wildman–Crippen MR) is 119 cm³/mol. The molecule has 0 spiro atoms. The molecule has 0 aliphatic rings. The lowest BCUT2D eigenvalue weighted by Gasteiger charge is -2.08. The second-order valence-electron chi connectivity index (χ2n) is 6.73. The fourth-order valence-electron chi connectivity index (χ4n) is 2.74. The standard InChI is InChI=1S/C26H24O5/c1-2-18-29-24-11-7-6-10-21(24)14-17-25(27)31-23-15-12-22(13-16-23)26(28)30-19-20-8-4-3-5-9-20/h3-17H,2,18-19H2,1H3/b17-14+. The lowest BCUT2D eigenvalue weighted by Crippen LogP contribution is -2.06. The zero-order valence-corrected chi connectivity index (χ0v) is 17.3. The molecule has 0 aliphatic heterocycles. The van der Waals surface area contributed by atoms with E-state index in [0.717, 1.165) is 17.5 Å². The van der Waals surface area contributed by atoms with Gasteiger partial charge >= 0.3 is 11.9 Å². The van der Waals surface area contributed by atoms with Crippen LogP contribution in [-0.2, 0) is 16.1 Å². The van der Waals surface area contributed by atoms with Crippen molar-refractivity contribution in [2.75, 3.05) is 6.61 Å². The van der Waals surface area contributed by atoms with Gasteiger partial charge in [0, 0.05) is 11.6 Å². The Morgan fingerprint density at radius 3 is 2.32 bits per heavy atom. The van der Waals surface area contributed by atoms with Crippen LogP contribution in [0, 0.1) is 0 Å². The highest BCUT2D eigenvalue weighted by Gasteiger charge is 2.09. The summed E-state index contributed by atoms with van der Waals surface area (Å²) in [4.78, 5) is 24.3. The Bertz CT molecular complexity index is 1020. The molecule has 0 unspecified atom stereocenters. The SMILES string of the molecule is CCCOc1ccccc1/C=C/C(=O)Oc1ccc(C(=O)OCc2ccccc2)cc1. The first-order valence-electron chi connectivity index (χ1n) is 10.1. The van der Waals surface area contributed by atoms with Gasteiger partial charge in [-0.3, -0.25) is 0 Å². The topological polar surface area (TPSA) is 61.8 Å². The highest BCUT2D eigenvalue weighted by molar-refractivity contribution is 5.91. The number of benzene rings is 3. The molecule has 3 aromatic rings. The molecule has 0 atom stereocenters. The molecule has 0 saturated carbocycles. The van der Waals surface area contributed by atoms with Crippen LogP contribution in [0.5, 0.6) is 11.5 Å². The predicted octanol–water partition coefficient (Wildman–Crippen LogP) is 5.45. The Morgan fingerprint density at radius 2 is 1.58 bits per heavy atom. The zero-order chi connectivity index (χ0) is 21.9. The van der Waals surface area contributed by atoms with Crippen molar-refractivity contribution in [1.82, 2.24) is 0 Å². The van der Waals surface area contributed by atoms with Crippen molar-refractivity contribution >= 4 is 18.0 Å². The number of esters is 2. The summed E-state index contributed by atoms with van der Waals surface area (Å²) in [6, 6.07) is 23.2. The molecule has 31 heavy (non-hydrogen) atoms. The van der Waals surface area contributed by atoms with Gasteiger partial charge in [0.15, 0.2) is 0 Å². The third-order valence-corrected chi connectivity index (χ3v) is 4.30. The summed E-state index contributed by atoms with van der Waals surface area (Å²) in [6.07, 6.45) is 3.90. The average Bonchev–Trinajstić information content (AvgIpc) is 2.81. The Labute approximate surface area is 181 Å². The zero-order valence-electron chi connectivity index (χ0n) is 17.3. The van der Waals surface area contributed by atoms with E-state index < -0.39 is 11.9 Å². The number of carbonyl (C=O) groups excluding carboxylic acids is 2. The summed E-state index contributed by atoms with van der Waals surface area (Å²) < 4.78 is 16.3. The van der Waals surface area contributed by atoms with Crippen molar-refractivity contribution in [2.45, 2.75) is 20.0 Å². The second kappa shape index (κ2) is 11.4. The summed E-state index contributed by atoms with van der Waals surface area (Å²) >= 11 is 0. The minimum Gasteiger partial charge on any atom is -0.493 e. The van der Waals surface area contributed by atoms with Gasteiger partial charge < -0.3 is 14.2 Å². The van der Waals surface area contributed by atoms with Gasteiger partial charge in [0.1, 0.15) is 18.1 Å². The molecule has 3 rings (SSSR count). The third kappa shape index (κ3) is 6.85. The smallest absolute Gasteiger partial charge is 0.338 e. The quantitative estimate of drug-likeness (QED) is 0.264. The van der Waals surface area contributed by atoms with Crippen LogP contribution in [0.3, 0.4) is 0 Å². The first-order valence-corrected chi connectivity index (χ1v) is 10.1. The number of rotatable bonds is 9. The van der Waals surface area contributed by atoms with E-state index in [1.54, 1.807) is 30.3 Å². The monoisotopic (exact) mass is 416 g/mol. The molecule has 0 aromatic heterocycles. The second-order valence-corrected chi connectivity index (χ2v) is 6.73. The van der Waals surface area contributed by atoms with Crippen molar-refractivity contribution in [3.63, 3.8) is 0 Å². The summed E-state index contributed by atoms with van der Waals surface area (Å²) in [5.41, 5.74) is 2.09. The summed E-state index contributed by atoms with van der Waals surface area (Å²) in [5.74, 6) is 0.0894. The minimum absolute atomic E-state index is 0.199. The molecule has 0 bridgehead atoms. The van der Waals surface area contributed by atoms with E-state index in [9.17, 15) is 9.59 Å². The Morgan fingerprint density at radius 1 is 0.871 bits per heavy atom. The fraction of sp³-hybridized carbons (Fsp3) is 0.154. The normalized spacial score (nSPS) is 10.6. The highest BCUT2D eigenvalue weighted by atomic mass is 16.5. The molecule has 0 saturated heterocycles. The van der Waals surface area contributed by atoms with Gasteiger partial charge in [-0.2, -0.15) is 0 Å². The molecular formula is C26H24O5. The molecule has 0 amide bonds. The molecule has 3 aromatic carbocycles. The van der Waals surface area contributed by atoms with E-state index in [1.807, 2.05) is 61.5 Å². The Kier molecular flexibility index (Phi) is 8.00. The summed E-state index contributed by atoms with van der Waals surface area (Å²) in [6.45, 7) is 2.84. The number of para-hydroxylation sites is 1. The molecule has 0 N–H and O–H groups in total. The maximum Gasteiger partial charge on any atom is 0.338 e. The number of ether oxygens (including phenoxy) is 3. The van der Waals surface area contributed by atoms with Gasteiger partial charge in [-0.15, -0.1) is 0 Å².